The Kier molecular flexibility index (Phi) is 5.13. The van der Waals surface area contributed by atoms with E-state index in [4.69, 9.17) is 0 Å². The lowest BCUT2D eigenvalue weighted by molar-refractivity contribution is 1.40. The zero-order valence-corrected chi connectivity index (χ0v) is 12.3. The van der Waals surface area contributed by atoms with Crippen molar-refractivity contribution in [2.24, 2.45) is 0 Å². The minimum absolute atomic E-state index is 1.01. The van der Waals surface area contributed by atoms with Crippen molar-refractivity contribution in [3.8, 4) is 0 Å². The van der Waals surface area contributed by atoms with Gasteiger partial charge in [0.25, 0.3) is 0 Å². The summed E-state index contributed by atoms with van der Waals surface area (Å²) in [6.45, 7) is 0. The van der Waals surface area contributed by atoms with Gasteiger partial charge in [0, 0.05) is 14.2 Å². The normalized spacial score (nSPS) is 10.9. The van der Waals surface area contributed by atoms with Crippen LogP contribution in [0.3, 0.4) is 0 Å². The van der Waals surface area contributed by atoms with Gasteiger partial charge in [-0.2, -0.15) is 0 Å². The van der Waals surface area contributed by atoms with Gasteiger partial charge in [0.2, 0.25) is 0 Å². The van der Waals surface area contributed by atoms with Gasteiger partial charge in [0.05, 0.1) is 0 Å². The van der Waals surface area contributed by atoms with Crippen LogP contribution in [-0.2, 0) is 0 Å². The van der Waals surface area contributed by atoms with E-state index in [0.29, 0.717) is 0 Å². The molecule has 86 valence electrons. The summed E-state index contributed by atoms with van der Waals surface area (Å²) in [4.78, 5) is 1.35. The molecule has 0 atom stereocenters. The van der Waals surface area contributed by atoms with E-state index in [1.807, 2.05) is 17.8 Å². The summed E-state index contributed by atoms with van der Waals surface area (Å²) in [6, 6.07) is 18.9. The Labute approximate surface area is 120 Å². The van der Waals surface area contributed by atoms with Gasteiger partial charge in [-0.25, -0.2) is 0 Å². The lowest BCUT2D eigenvalue weighted by Crippen LogP contribution is -1.79. The summed E-state index contributed by atoms with van der Waals surface area (Å²) in [7, 11) is 0. The molecular weight excluding hydrogens is 339 g/mol. The first kappa shape index (κ1) is 12.7. The first-order valence-corrected chi connectivity index (χ1v) is 7.51. The predicted octanol–water partition coefficient (Wildman–Crippen LogP) is 5.10. The Morgan fingerprint density at radius 1 is 0.941 bits per heavy atom. The summed E-state index contributed by atoms with van der Waals surface area (Å²) in [6.07, 6.45) is 4.38. The number of hydrogen-bond acceptors (Lipinski definition) is 1. The van der Waals surface area contributed by atoms with Crippen LogP contribution in [-0.4, -0.2) is 5.75 Å². The largest absolute Gasteiger partial charge is 0.121 e. The second-order valence-corrected chi connectivity index (χ2v) is 5.78. The second-order valence-electron chi connectivity index (χ2n) is 3.55. The summed E-state index contributed by atoms with van der Waals surface area (Å²) in [5.41, 5.74) is 1.26. The molecule has 0 heterocycles. The minimum Gasteiger partial charge on any atom is -0.121 e. The highest BCUT2D eigenvalue weighted by Gasteiger charge is 1.96. The fourth-order valence-corrected chi connectivity index (χ4v) is 3.06. The van der Waals surface area contributed by atoms with Gasteiger partial charge < -0.3 is 0 Å². The molecule has 2 heteroatoms. The van der Waals surface area contributed by atoms with Crippen molar-refractivity contribution in [2.45, 2.75) is 4.90 Å². The zero-order chi connectivity index (χ0) is 11.9. The number of hydrogen-bond donors (Lipinski definition) is 0. The number of thioether (sulfide) groups is 1. The van der Waals surface area contributed by atoms with E-state index < -0.39 is 0 Å². The first-order chi connectivity index (χ1) is 8.36. The summed E-state index contributed by atoms with van der Waals surface area (Å²) < 4.78 is 1.32. The van der Waals surface area contributed by atoms with Crippen molar-refractivity contribution >= 4 is 40.4 Å². The van der Waals surface area contributed by atoms with E-state index in [0.717, 1.165) is 5.75 Å². The molecule has 0 saturated heterocycles. The molecular formula is C15H13IS. The number of halogens is 1. The topological polar surface area (TPSA) is 0 Å². The fraction of sp³-hybridized carbons (Fsp3) is 0.0667. The van der Waals surface area contributed by atoms with Crippen LogP contribution in [0.15, 0.2) is 65.6 Å². The van der Waals surface area contributed by atoms with Crippen molar-refractivity contribution in [1.82, 2.24) is 0 Å². The third kappa shape index (κ3) is 4.21. The van der Waals surface area contributed by atoms with Gasteiger partial charge in [0.15, 0.2) is 0 Å². The van der Waals surface area contributed by atoms with E-state index >= 15 is 0 Å². The van der Waals surface area contributed by atoms with Crippen molar-refractivity contribution < 1.29 is 0 Å². The monoisotopic (exact) mass is 352 g/mol. The molecule has 0 radical (unpaired) electrons. The first-order valence-electron chi connectivity index (χ1n) is 5.45. The average Bonchev–Trinajstić information content (AvgIpc) is 2.38. The maximum Gasteiger partial charge on any atom is 0.0266 e. The average molecular weight is 352 g/mol. The molecule has 0 bridgehead atoms. The van der Waals surface area contributed by atoms with E-state index in [-0.39, 0.29) is 0 Å². The Bertz CT molecular complexity index is 491. The van der Waals surface area contributed by atoms with Gasteiger partial charge in [-0.05, 0) is 40.3 Å². The molecule has 2 rings (SSSR count). The standard InChI is InChI=1S/C15H13IS/c16-14-10-4-5-11-15(14)17-12-6-9-13-7-2-1-3-8-13/h1-11H,12H2/b9-6-. The Hall–Kier alpha value is -0.740. The van der Waals surface area contributed by atoms with Gasteiger partial charge >= 0.3 is 0 Å². The van der Waals surface area contributed by atoms with Crippen LogP contribution in [0.4, 0.5) is 0 Å². The molecule has 0 aliphatic rings. The van der Waals surface area contributed by atoms with Crippen LogP contribution in [0.1, 0.15) is 5.56 Å². The Morgan fingerprint density at radius 2 is 1.65 bits per heavy atom. The summed E-state index contributed by atoms with van der Waals surface area (Å²) in [5, 5.41) is 0. The zero-order valence-electron chi connectivity index (χ0n) is 9.34. The molecule has 0 aromatic heterocycles. The van der Waals surface area contributed by atoms with Crippen LogP contribution in [0.5, 0.6) is 0 Å². The molecule has 17 heavy (non-hydrogen) atoms. The lowest BCUT2D eigenvalue weighted by Gasteiger charge is -2.00. The Morgan fingerprint density at radius 3 is 2.41 bits per heavy atom. The molecule has 0 nitrogen and oxygen atoms in total. The van der Waals surface area contributed by atoms with Crippen molar-refractivity contribution in [3.05, 3.63) is 69.8 Å². The third-order valence-corrected chi connectivity index (χ3v) is 4.61. The maximum absolute atomic E-state index is 2.38. The van der Waals surface area contributed by atoms with Crippen LogP contribution in [0.25, 0.3) is 6.08 Å². The fourth-order valence-electron chi connectivity index (χ4n) is 1.45. The van der Waals surface area contributed by atoms with E-state index in [9.17, 15) is 0 Å². The van der Waals surface area contributed by atoms with Crippen molar-refractivity contribution in [3.63, 3.8) is 0 Å². The predicted molar refractivity (Wildman–Crippen MR) is 85.4 cm³/mol. The molecule has 0 aliphatic heterocycles. The number of benzene rings is 2. The molecule has 0 fully saturated rings. The molecule has 2 aromatic rings. The van der Waals surface area contributed by atoms with E-state index in [1.165, 1.54) is 14.0 Å². The SMILES string of the molecule is Ic1ccccc1SC/C=C\c1ccccc1. The van der Waals surface area contributed by atoms with Crippen molar-refractivity contribution in [1.29, 1.82) is 0 Å². The molecule has 2 aromatic carbocycles. The third-order valence-electron chi connectivity index (χ3n) is 2.28. The highest BCUT2D eigenvalue weighted by Crippen LogP contribution is 2.23. The van der Waals surface area contributed by atoms with Crippen LogP contribution in [0.2, 0.25) is 0 Å². The second kappa shape index (κ2) is 6.87. The maximum atomic E-state index is 2.38. The quantitative estimate of drug-likeness (QED) is 0.545. The minimum atomic E-state index is 1.01. The van der Waals surface area contributed by atoms with Gasteiger partial charge in [0.1, 0.15) is 0 Å². The Balaban J connectivity index is 1.88. The molecule has 0 N–H and O–H groups in total. The van der Waals surface area contributed by atoms with Crippen LogP contribution >= 0.6 is 34.4 Å². The van der Waals surface area contributed by atoms with Gasteiger partial charge in [-0.3, -0.25) is 0 Å². The summed E-state index contributed by atoms with van der Waals surface area (Å²) in [5.74, 6) is 1.01. The molecule has 0 aliphatic carbocycles. The summed E-state index contributed by atoms with van der Waals surface area (Å²) >= 11 is 4.25. The molecule has 0 saturated carbocycles. The molecule has 0 unspecified atom stereocenters. The molecule has 0 spiro atoms. The molecule has 0 amide bonds. The van der Waals surface area contributed by atoms with Crippen LogP contribution in [0, 0.1) is 3.57 Å². The highest BCUT2D eigenvalue weighted by atomic mass is 127. The highest BCUT2D eigenvalue weighted by molar-refractivity contribution is 14.1. The van der Waals surface area contributed by atoms with E-state index in [2.05, 4.69) is 83.3 Å². The van der Waals surface area contributed by atoms with Gasteiger partial charge in [-0.15, -0.1) is 11.8 Å². The van der Waals surface area contributed by atoms with Crippen LogP contribution < -0.4 is 0 Å². The smallest absolute Gasteiger partial charge is 0.0266 e. The van der Waals surface area contributed by atoms with Crippen molar-refractivity contribution in [2.75, 3.05) is 5.75 Å². The van der Waals surface area contributed by atoms with E-state index in [1.54, 1.807) is 0 Å². The lowest BCUT2D eigenvalue weighted by atomic mass is 10.2. The van der Waals surface area contributed by atoms with Gasteiger partial charge in [-0.1, -0.05) is 54.6 Å². The number of rotatable bonds is 4.